The third-order valence-corrected chi connectivity index (χ3v) is 3.32. The van der Waals surface area contributed by atoms with E-state index in [1.807, 2.05) is 17.5 Å². The molecule has 2 rings (SSSR count). The van der Waals surface area contributed by atoms with Crippen LogP contribution in [-0.2, 0) is 13.2 Å². The van der Waals surface area contributed by atoms with E-state index in [2.05, 4.69) is 4.98 Å². The van der Waals surface area contributed by atoms with Gasteiger partial charge in [0.15, 0.2) is 11.6 Å². The van der Waals surface area contributed by atoms with Crippen LogP contribution in [0.3, 0.4) is 0 Å². The molecule has 0 fully saturated rings. The molecule has 5 heteroatoms. The molecule has 0 unspecified atom stereocenters. The Hall–Kier alpha value is -1.46. The van der Waals surface area contributed by atoms with E-state index in [4.69, 9.17) is 5.11 Å². The van der Waals surface area contributed by atoms with Crippen molar-refractivity contribution in [2.24, 2.45) is 0 Å². The lowest BCUT2D eigenvalue weighted by atomic mass is 10.2. The minimum absolute atomic E-state index is 0.268. The van der Waals surface area contributed by atoms with E-state index in [0.717, 1.165) is 4.88 Å². The van der Waals surface area contributed by atoms with E-state index in [0.29, 0.717) is 6.54 Å². The van der Waals surface area contributed by atoms with Gasteiger partial charge in [-0.2, -0.15) is 0 Å². The summed E-state index contributed by atoms with van der Waals surface area (Å²) in [5.74, 6) is -0.181. The van der Waals surface area contributed by atoms with Crippen molar-refractivity contribution in [2.45, 2.75) is 13.2 Å². The van der Waals surface area contributed by atoms with E-state index in [9.17, 15) is 4.39 Å². The third-order valence-electron chi connectivity index (χ3n) is 2.46. The van der Waals surface area contributed by atoms with Crippen LogP contribution in [0, 0.1) is 5.82 Å². The maximum Gasteiger partial charge on any atom is 0.171 e. The Labute approximate surface area is 103 Å². The molecule has 0 aliphatic heterocycles. The number of anilines is 1. The van der Waals surface area contributed by atoms with Gasteiger partial charge in [-0.1, -0.05) is 6.07 Å². The van der Waals surface area contributed by atoms with Crippen molar-refractivity contribution >= 4 is 17.2 Å². The van der Waals surface area contributed by atoms with Gasteiger partial charge in [0.1, 0.15) is 0 Å². The monoisotopic (exact) mass is 252 g/mol. The highest BCUT2D eigenvalue weighted by molar-refractivity contribution is 7.09. The summed E-state index contributed by atoms with van der Waals surface area (Å²) in [5, 5.41) is 11.0. The zero-order valence-corrected chi connectivity index (χ0v) is 10.2. The Morgan fingerprint density at radius 2 is 2.29 bits per heavy atom. The van der Waals surface area contributed by atoms with Gasteiger partial charge in [-0.15, -0.1) is 11.3 Å². The average molecular weight is 252 g/mol. The Morgan fingerprint density at radius 1 is 1.47 bits per heavy atom. The van der Waals surface area contributed by atoms with Gasteiger partial charge in [0.25, 0.3) is 0 Å². The molecular weight excluding hydrogens is 239 g/mol. The first-order chi connectivity index (χ1) is 8.22. The highest BCUT2D eigenvalue weighted by Gasteiger charge is 2.13. The molecule has 0 bridgehead atoms. The quantitative estimate of drug-likeness (QED) is 0.907. The topological polar surface area (TPSA) is 36.4 Å². The summed E-state index contributed by atoms with van der Waals surface area (Å²) in [5.41, 5.74) is 0.271. The molecule has 2 heterocycles. The molecule has 90 valence electrons. The minimum atomic E-state index is -0.450. The number of hydrogen-bond acceptors (Lipinski definition) is 4. The number of rotatable bonds is 4. The van der Waals surface area contributed by atoms with Gasteiger partial charge >= 0.3 is 0 Å². The maximum atomic E-state index is 13.9. The van der Waals surface area contributed by atoms with E-state index in [1.165, 1.54) is 12.3 Å². The smallest absolute Gasteiger partial charge is 0.171 e. The first-order valence-electron chi connectivity index (χ1n) is 5.20. The number of halogens is 1. The van der Waals surface area contributed by atoms with Crippen molar-refractivity contribution in [3.8, 4) is 0 Å². The second-order valence-corrected chi connectivity index (χ2v) is 4.73. The van der Waals surface area contributed by atoms with Crippen LogP contribution >= 0.6 is 11.3 Å². The van der Waals surface area contributed by atoms with E-state index < -0.39 is 5.82 Å². The number of hydrogen-bond donors (Lipinski definition) is 1. The highest BCUT2D eigenvalue weighted by Crippen LogP contribution is 2.21. The molecule has 0 aromatic carbocycles. The SMILES string of the molecule is CN(Cc1cccs1)c1nccc(CO)c1F. The first-order valence-corrected chi connectivity index (χ1v) is 6.08. The average Bonchev–Trinajstić information content (AvgIpc) is 2.82. The number of thiophene rings is 1. The minimum Gasteiger partial charge on any atom is -0.392 e. The van der Waals surface area contributed by atoms with Crippen molar-refractivity contribution < 1.29 is 9.50 Å². The first kappa shape index (κ1) is 12.0. The molecule has 2 aromatic heterocycles. The largest absolute Gasteiger partial charge is 0.392 e. The maximum absolute atomic E-state index is 13.9. The zero-order valence-electron chi connectivity index (χ0n) is 9.43. The molecular formula is C12H13FN2OS. The molecule has 1 N–H and O–H groups in total. The van der Waals surface area contributed by atoms with Crippen molar-refractivity contribution in [3.63, 3.8) is 0 Å². The molecule has 0 radical (unpaired) electrons. The summed E-state index contributed by atoms with van der Waals surface area (Å²) in [4.78, 5) is 6.89. The van der Waals surface area contributed by atoms with Gasteiger partial charge in [-0.05, 0) is 17.5 Å². The number of nitrogens with zero attached hydrogens (tertiary/aromatic N) is 2. The normalized spacial score (nSPS) is 10.5. The van der Waals surface area contributed by atoms with Gasteiger partial charge in [-0.3, -0.25) is 0 Å². The van der Waals surface area contributed by atoms with Gasteiger partial charge in [-0.25, -0.2) is 9.37 Å². The molecule has 0 atom stereocenters. The van der Waals surface area contributed by atoms with Gasteiger partial charge in [0, 0.05) is 23.7 Å². The molecule has 0 saturated carbocycles. The molecule has 0 amide bonds. The van der Waals surface area contributed by atoms with Crippen LogP contribution < -0.4 is 4.90 Å². The Balaban J connectivity index is 2.22. The van der Waals surface area contributed by atoms with E-state index >= 15 is 0 Å². The number of pyridine rings is 1. The van der Waals surface area contributed by atoms with Crippen LogP contribution in [0.1, 0.15) is 10.4 Å². The van der Waals surface area contributed by atoms with Crippen LogP contribution in [0.25, 0.3) is 0 Å². The standard InChI is InChI=1S/C12H13FN2OS/c1-15(7-10-3-2-6-17-10)12-11(13)9(8-16)4-5-14-12/h2-6,16H,7-8H2,1H3. The van der Waals surface area contributed by atoms with E-state index in [1.54, 1.807) is 23.3 Å². The lowest BCUT2D eigenvalue weighted by molar-refractivity contribution is 0.275. The van der Waals surface area contributed by atoms with Crippen molar-refractivity contribution in [2.75, 3.05) is 11.9 Å². The Kier molecular flexibility index (Phi) is 3.71. The lowest BCUT2D eigenvalue weighted by Crippen LogP contribution is -2.19. The number of aliphatic hydroxyl groups is 1. The Bertz CT molecular complexity index is 487. The highest BCUT2D eigenvalue weighted by atomic mass is 32.1. The lowest BCUT2D eigenvalue weighted by Gasteiger charge is -2.18. The molecule has 0 aliphatic carbocycles. The molecule has 0 spiro atoms. The molecule has 17 heavy (non-hydrogen) atoms. The van der Waals surface area contributed by atoms with Crippen LogP contribution in [-0.4, -0.2) is 17.1 Å². The van der Waals surface area contributed by atoms with Gasteiger partial charge < -0.3 is 10.0 Å². The summed E-state index contributed by atoms with van der Waals surface area (Å²) in [6.07, 6.45) is 1.51. The fraction of sp³-hybridized carbons (Fsp3) is 0.250. The number of aromatic nitrogens is 1. The third kappa shape index (κ3) is 2.62. The number of aliphatic hydroxyl groups excluding tert-OH is 1. The molecule has 2 aromatic rings. The zero-order chi connectivity index (χ0) is 12.3. The predicted molar refractivity (Wildman–Crippen MR) is 66.5 cm³/mol. The second-order valence-electron chi connectivity index (χ2n) is 3.70. The molecule has 0 saturated heterocycles. The van der Waals surface area contributed by atoms with Crippen molar-refractivity contribution in [1.82, 2.24) is 4.98 Å². The summed E-state index contributed by atoms with van der Waals surface area (Å²) < 4.78 is 13.9. The van der Waals surface area contributed by atoms with Crippen molar-refractivity contribution in [1.29, 1.82) is 0 Å². The van der Waals surface area contributed by atoms with Gasteiger partial charge in [0.05, 0.1) is 13.2 Å². The Morgan fingerprint density at radius 3 is 2.94 bits per heavy atom. The van der Waals surface area contributed by atoms with E-state index in [-0.39, 0.29) is 18.0 Å². The summed E-state index contributed by atoms with van der Waals surface area (Å²) in [7, 11) is 1.78. The summed E-state index contributed by atoms with van der Waals surface area (Å²) >= 11 is 1.62. The summed E-state index contributed by atoms with van der Waals surface area (Å²) in [6, 6.07) is 5.44. The summed E-state index contributed by atoms with van der Waals surface area (Å²) in [6.45, 7) is 0.296. The fourth-order valence-electron chi connectivity index (χ4n) is 1.57. The van der Waals surface area contributed by atoms with Gasteiger partial charge in [0.2, 0.25) is 0 Å². The van der Waals surface area contributed by atoms with Crippen LogP contribution in [0.5, 0.6) is 0 Å². The van der Waals surface area contributed by atoms with Crippen LogP contribution in [0.2, 0.25) is 0 Å². The van der Waals surface area contributed by atoms with Crippen LogP contribution in [0.15, 0.2) is 29.8 Å². The predicted octanol–water partition coefficient (Wildman–Crippen LogP) is 2.41. The van der Waals surface area contributed by atoms with Crippen molar-refractivity contribution in [3.05, 3.63) is 46.0 Å². The molecule has 3 nitrogen and oxygen atoms in total. The van der Waals surface area contributed by atoms with Crippen LogP contribution in [0.4, 0.5) is 10.2 Å². The second kappa shape index (κ2) is 5.25. The fourth-order valence-corrected chi connectivity index (χ4v) is 2.33. The molecule has 0 aliphatic rings.